The Morgan fingerprint density at radius 1 is 0.868 bits per heavy atom. The number of anilines is 2. The first-order chi connectivity index (χ1) is 18.5. The van der Waals surface area contributed by atoms with Crippen LogP contribution in [0.25, 0.3) is 0 Å². The minimum Gasteiger partial charge on any atom is -0.504 e. The number of hydrogen-bond donors (Lipinski definition) is 3. The number of ether oxygens (including phenoxy) is 4. The first-order valence-corrected chi connectivity index (χ1v) is 12.6. The van der Waals surface area contributed by atoms with Crippen molar-refractivity contribution in [2.75, 3.05) is 38.6 Å². The van der Waals surface area contributed by atoms with E-state index < -0.39 is 6.04 Å². The number of rotatable bonds is 7. The van der Waals surface area contributed by atoms with Gasteiger partial charge in [0.2, 0.25) is 5.75 Å². The number of para-hydroxylation sites is 2. The number of allylic oxidation sites excluding steroid dienone is 1. The molecule has 3 N–H and O–H groups in total. The van der Waals surface area contributed by atoms with Crippen molar-refractivity contribution in [3.8, 4) is 28.7 Å². The van der Waals surface area contributed by atoms with Gasteiger partial charge in [-0.2, -0.15) is 0 Å². The van der Waals surface area contributed by atoms with Gasteiger partial charge in [-0.3, -0.25) is 4.79 Å². The SMILES string of the molecule is CCOc1cc([C@@H]2Nc3ccccc3NC3=C2C(=O)C[C@@H](c2cc(OC)c(OC)c(OC)c2)C3)ccc1O. The molecule has 1 aliphatic carbocycles. The van der Waals surface area contributed by atoms with Crippen molar-refractivity contribution < 1.29 is 28.8 Å². The molecule has 1 heterocycles. The van der Waals surface area contributed by atoms with Gasteiger partial charge in [-0.25, -0.2) is 0 Å². The molecule has 0 saturated heterocycles. The third kappa shape index (κ3) is 4.58. The molecular weight excluding hydrogens is 484 g/mol. The summed E-state index contributed by atoms with van der Waals surface area (Å²) in [6.45, 7) is 2.29. The topological polar surface area (TPSA) is 98.3 Å². The summed E-state index contributed by atoms with van der Waals surface area (Å²) in [5, 5.41) is 17.4. The van der Waals surface area contributed by atoms with Crippen LogP contribution in [0.2, 0.25) is 0 Å². The number of nitrogens with one attached hydrogen (secondary N) is 2. The number of methoxy groups -OCH3 is 3. The maximum absolute atomic E-state index is 13.9. The van der Waals surface area contributed by atoms with Crippen LogP contribution < -0.4 is 29.6 Å². The van der Waals surface area contributed by atoms with E-state index in [9.17, 15) is 9.90 Å². The van der Waals surface area contributed by atoms with Gasteiger partial charge < -0.3 is 34.7 Å². The lowest BCUT2D eigenvalue weighted by atomic mass is 9.78. The lowest BCUT2D eigenvalue weighted by molar-refractivity contribution is -0.116. The van der Waals surface area contributed by atoms with E-state index in [-0.39, 0.29) is 17.5 Å². The van der Waals surface area contributed by atoms with Gasteiger partial charge in [0.25, 0.3) is 0 Å². The van der Waals surface area contributed by atoms with Crippen LogP contribution in [0.1, 0.15) is 42.9 Å². The third-order valence-electron chi connectivity index (χ3n) is 7.08. The number of carbonyl (C=O) groups is 1. The standard InChI is InChI=1S/C30H32N2O6/c1-5-38-25-14-17(10-11-23(25)33)29-28-22(31-20-8-6-7-9-21(20)32-29)12-18(13-24(28)34)19-15-26(35-2)30(37-4)27(16-19)36-3/h6-11,14-16,18,29,31-33H,5,12-13H2,1-4H3/t18-,29-/m0/s1. The number of fused-ring (bicyclic) bond motifs is 1. The lowest BCUT2D eigenvalue weighted by Crippen LogP contribution is -2.27. The molecule has 5 rings (SSSR count). The molecule has 0 saturated carbocycles. The molecule has 0 spiro atoms. The molecule has 0 bridgehead atoms. The normalized spacial score (nSPS) is 18.4. The Balaban J connectivity index is 1.60. The second kappa shape index (κ2) is 10.6. The van der Waals surface area contributed by atoms with Crippen LogP contribution in [-0.4, -0.2) is 38.8 Å². The minimum absolute atomic E-state index is 0.0360. The van der Waals surface area contributed by atoms with Crippen molar-refractivity contribution in [1.82, 2.24) is 0 Å². The number of hydrogen-bond acceptors (Lipinski definition) is 8. The number of carbonyl (C=O) groups excluding carboxylic acids is 1. The Labute approximate surface area is 222 Å². The van der Waals surface area contributed by atoms with E-state index in [0.29, 0.717) is 48.0 Å². The molecule has 2 aliphatic rings. The predicted molar refractivity (Wildman–Crippen MR) is 146 cm³/mol. The first kappa shape index (κ1) is 25.3. The number of benzene rings is 3. The van der Waals surface area contributed by atoms with E-state index in [0.717, 1.165) is 28.2 Å². The Hall–Kier alpha value is -4.33. The van der Waals surface area contributed by atoms with E-state index in [1.807, 2.05) is 49.4 Å². The maximum Gasteiger partial charge on any atom is 0.203 e. The van der Waals surface area contributed by atoms with Crippen LogP contribution >= 0.6 is 0 Å². The van der Waals surface area contributed by atoms with Crippen molar-refractivity contribution in [2.45, 2.75) is 31.7 Å². The molecule has 0 unspecified atom stereocenters. The number of phenols is 1. The molecule has 38 heavy (non-hydrogen) atoms. The van der Waals surface area contributed by atoms with Crippen molar-refractivity contribution in [2.24, 2.45) is 0 Å². The van der Waals surface area contributed by atoms with Gasteiger partial charge in [-0.15, -0.1) is 0 Å². The molecular formula is C30H32N2O6. The quantitative estimate of drug-likeness (QED) is 0.363. The summed E-state index contributed by atoms with van der Waals surface area (Å²) in [4.78, 5) is 13.9. The highest BCUT2D eigenvalue weighted by molar-refractivity contribution is 6.01. The highest BCUT2D eigenvalue weighted by Crippen LogP contribution is 2.47. The highest BCUT2D eigenvalue weighted by Gasteiger charge is 2.37. The van der Waals surface area contributed by atoms with Crippen molar-refractivity contribution >= 4 is 17.2 Å². The molecule has 8 heteroatoms. The summed E-state index contributed by atoms with van der Waals surface area (Å²) < 4.78 is 22.3. The second-order valence-corrected chi connectivity index (χ2v) is 9.29. The number of aromatic hydroxyl groups is 1. The fourth-order valence-corrected chi connectivity index (χ4v) is 5.30. The third-order valence-corrected chi connectivity index (χ3v) is 7.08. The van der Waals surface area contributed by atoms with Crippen molar-refractivity contribution in [3.05, 3.63) is 77.0 Å². The molecule has 198 valence electrons. The number of Topliss-reactive ketones (excluding diaryl/α,β-unsaturated/α-hetero) is 1. The Kier molecular flexibility index (Phi) is 7.05. The molecule has 1 aliphatic heterocycles. The number of phenolic OH excluding ortho intramolecular Hbond substituents is 1. The van der Waals surface area contributed by atoms with E-state index in [1.54, 1.807) is 33.5 Å². The summed E-state index contributed by atoms with van der Waals surface area (Å²) in [6.07, 6.45) is 0.937. The molecule has 8 nitrogen and oxygen atoms in total. The van der Waals surface area contributed by atoms with Crippen LogP contribution in [0.15, 0.2) is 65.9 Å². The Bertz CT molecular complexity index is 1370. The zero-order chi connectivity index (χ0) is 26.8. The van der Waals surface area contributed by atoms with E-state index >= 15 is 0 Å². The zero-order valence-electron chi connectivity index (χ0n) is 22.0. The smallest absolute Gasteiger partial charge is 0.203 e. The van der Waals surface area contributed by atoms with Gasteiger partial charge in [-0.05, 0) is 66.8 Å². The monoisotopic (exact) mass is 516 g/mol. The van der Waals surface area contributed by atoms with Crippen LogP contribution in [0.3, 0.4) is 0 Å². The van der Waals surface area contributed by atoms with Crippen LogP contribution in [0, 0.1) is 0 Å². The summed E-state index contributed by atoms with van der Waals surface area (Å²) in [5.41, 5.74) is 5.08. The van der Waals surface area contributed by atoms with Crippen molar-refractivity contribution in [1.29, 1.82) is 0 Å². The van der Waals surface area contributed by atoms with Gasteiger partial charge in [0.15, 0.2) is 28.8 Å². The number of ketones is 1. The fraction of sp³-hybridized carbons (Fsp3) is 0.300. The Morgan fingerprint density at radius 3 is 2.21 bits per heavy atom. The fourth-order valence-electron chi connectivity index (χ4n) is 5.30. The summed E-state index contributed by atoms with van der Waals surface area (Å²) >= 11 is 0. The van der Waals surface area contributed by atoms with Crippen molar-refractivity contribution in [3.63, 3.8) is 0 Å². The maximum atomic E-state index is 13.9. The molecule has 3 aromatic carbocycles. The summed E-state index contributed by atoms with van der Waals surface area (Å²) in [6, 6.07) is 16.5. The van der Waals surface area contributed by atoms with Gasteiger partial charge in [-0.1, -0.05) is 18.2 Å². The Morgan fingerprint density at radius 2 is 1.55 bits per heavy atom. The minimum atomic E-state index is -0.422. The van der Waals surface area contributed by atoms with Gasteiger partial charge in [0, 0.05) is 17.7 Å². The van der Waals surface area contributed by atoms with Crippen LogP contribution in [0.4, 0.5) is 11.4 Å². The van der Waals surface area contributed by atoms with E-state index in [4.69, 9.17) is 18.9 Å². The zero-order valence-corrected chi connectivity index (χ0v) is 22.0. The van der Waals surface area contributed by atoms with Crippen LogP contribution in [-0.2, 0) is 4.79 Å². The largest absolute Gasteiger partial charge is 0.504 e. The molecule has 0 aromatic heterocycles. The molecule has 3 aromatic rings. The van der Waals surface area contributed by atoms with Crippen LogP contribution in [0.5, 0.6) is 28.7 Å². The highest BCUT2D eigenvalue weighted by atomic mass is 16.5. The summed E-state index contributed by atoms with van der Waals surface area (Å²) in [5.74, 6) is 2.03. The average molecular weight is 517 g/mol. The lowest BCUT2D eigenvalue weighted by Gasteiger charge is -2.30. The summed E-state index contributed by atoms with van der Waals surface area (Å²) in [7, 11) is 4.74. The average Bonchev–Trinajstić information content (AvgIpc) is 3.10. The molecule has 0 amide bonds. The van der Waals surface area contributed by atoms with E-state index in [2.05, 4.69) is 10.6 Å². The predicted octanol–water partition coefficient (Wildman–Crippen LogP) is 5.80. The van der Waals surface area contributed by atoms with Gasteiger partial charge >= 0.3 is 0 Å². The molecule has 0 fully saturated rings. The van der Waals surface area contributed by atoms with Gasteiger partial charge in [0.05, 0.1) is 45.4 Å². The van der Waals surface area contributed by atoms with Gasteiger partial charge in [0.1, 0.15) is 0 Å². The first-order valence-electron chi connectivity index (χ1n) is 12.6. The molecule has 0 radical (unpaired) electrons. The van der Waals surface area contributed by atoms with E-state index in [1.165, 1.54) is 0 Å². The molecule has 2 atom stereocenters. The second-order valence-electron chi connectivity index (χ2n) is 9.29.